The zero-order valence-corrected chi connectivity index (χ0v) is 22.6. The summed E-state index contributed by atoms with van der Waals surface area (Å²) in [5, 5.41) is 7.08. The fourth-order valence-electron chi connectivity index (χ4n) is 5.40. The van der Waals surface area contributed by atoms with Crippen molar-refractivity contribution in [2.75, 3.05) is 14.1 Å². The SMILES string of the molecule is CCc1nocc1C(=O)NC(c1nc2c(F)c(-c3cnccc3C(=O)N(C)C)ccc2[nH]1)C1CCC(C)CC1. The number of nitrogens with one attached hydrogen (secondary N) is 2. The minimum atomic E-state index is -0.551. The summed E-state index contributed by atoms with van der Waals surface area (Å²) in [5.74, 6) is 0.173. The standard InChI is InChI=1S/C29H33FN6O3/c1-5-22-21(15-39-35-22)28(37)34-25(17-8-6-16(2)7-9-17)27-32-23-11-10-18(24(30)26(23)33-27)20-14-31-13-12-19(20)29(38)36(3)4/h10-17,25H,5-9H2,1-4H3,(H,32,33)(H,34,37). The lowest BCUT2D eigenvalue weighted by Crippen LogP contribution is -2.36. The Kier molecular flexibility index (Phi) is 7.45. The van der Waals surface area contributed by atoms with Crippen molar-refractivity contribution < 1.29 is 18.5 Å². The number of pyridine rings is 1. The van der Waals surface area contributed by atoms with E-state index in [2.05, 4.69) is 32.3 Å². The molecule has 2 N–H and O–H groups in total. The predicted octanol–water partition coefficient (Wildman–Crippen LogP) is 5.31. The molecule has 10 heteroatoms. The number of hydrogen-bond donors (Lipinski definition) is 2. The van der Waals surface area contributed by atoms with E-state index < -0.39 is 11.9 Å². The number of aryl methyl sites for hydroxylation is 1. The highest BCUT2D eigenvalue weighted by atomic mass is 19.1. The highest BCUT2D eigenvalue weighted by Crippen LogP contribution is 2.38. The minimum absolute atomic E-state index is 0.140. The average Bonchev–Trinajstić information content (AvgIpc) is 3.60. The molecule has 0 spiro atoms. The molecule has 1 saturated carbocycles. The van der Waals surface area contributed by atoms with Crippen LogP contribution in [0.15, 0.2) is 41.4 Å². The molecule has 2 amide bonds. The molecule has 3 heterocycles. The summed E-state index contributed by atoms with van der Waals surface area (Å²) >= 11 is 0. The molecule has 39 heavy (non-hydrogen) atoms. The van der Waals surface area contributed by atoms with Crippen LogP contribution >= 0.6 is 0 Å². The van der Waals surface area contributed by atoms with Gasteiger partial charge < -0.3 is 19.7 Å². The maximum Gasteiger partial charge on any atom is 0.257 e. The molecule has 1 atom stereocenters. The fourth-order valence-corrected chi connectivity index (χ4v) is 5.40. The van der Waals surface area contributed by atoms with E-state index in [-0.39, 0.29) is 28.8 Å². The third-order valence-electron chi connectivity index (χ3n) is 7.70. The first-order chi connectivity index (χ1) is 18.8. The molecule has 204 valence electrons. The number of nitrogens with zero attached hydrogens (tertiary/aromatic N) is 4. The van der Waals surface area contributed by atoms with Crippen molar-refractivity contribution in [1.82, 2.24) is 30.3 Å². The third kappa shape index (κ3) is 5.15. The highest BCUT2D eigenvalue weighted by Gasteiger charge is 2.32. The Labute approximate surface area is 226 Å². The molecule has 0 bridgehead atoms. The van der Waals surface area contributed by atoms with Crippen LogP contribution in [-0.4, -0.2) is 50.9 Å². The van der Waals surface area contributed by atoms with Gasteiger partial charge in [-0.25, -0.2) is 9.37 Å². The van der Waals surface area contributed by atoms with Gasteiger partial charge >= 0.3 is 0 Å². The van der Waals surface area contributed by atoms with Crippen molar-refractivity contribution in [3.05, 3.63) is 65.3 Å². The maximum atomic E-state index is 16.0. The summed E-state index contributed by atoms with van der Waals surface area (Å²) < 4.78 is 21.1. The normalized spacial score (nSPS) is 18.2. The lowest BCUT2D eigenvalue weighted by atomic mass is 9.79. The zero-order chi connectivity index (χ0) is 27.7. The topological polar surface area (TPSA) is 117 Å². The van der Waals surface area contributed by atoms with E-state index >= 15 is 4.39 Å². The number of hydrogen-bond acceptors (Lipinski definition) is 6. The van der Waals surface area contributed by atoms with Crippen molar-refractivity contribution in [1.29, 1.82) is 0 Å². The van der Waals surface area contributed by atoms with Crippen LogP contribution in [0, 0.1) is 17.7 Å². The van der Waals surface area contributed by atoms with E-state index in [0.717, 1.165) is 25.7 Å². The number of benzene rings is 1. The summed E-state index contributed by atoms with van der Waals surface area (Å²) in [5.41, 5.74) is 2.63. The third-order valence-corrected chi connectivity index (χ3v) is 7.70. The smallest absolute Gasteiger partial charge is 0.257 e. The van der Waals surface area contributed by atoms with Crippen LogP contribution in [0.3, 0.4) is 0 Å². The second-order valence-electron chi connectivity index (χ2n) is 10.6. The van der Waals surface area contributed by atoms with Gasteiger partial charge in [0.1, 0.15) is 23.2 Å². The van der Waals surface area contributed by atoms with Crippen molar-refractivity contribution in [3.63, 3.8) is 0 Å². The molecule has 1 aliphatic rings. The van der Waals surface area contributed by atoms with Crippen LogP contribution in [0.25, 0.3) is 22.2 Å². The van der Waals surface area contributed by atoms with Crippen LogP contribution < -0.4 is 5.32 Å². The lowest BCUT2D eigenvalue weighted by molar-refractivity contribution is 0.0827. The Hall–Kier alpha value is -4.08. The van der Waals surface area contributed by atoms with Gasteiger partial charge in [0.15, 0.2) is 5.82 Å². The van der Waals surface area contributed by atoms with Gasteiger partial charge in [0, 0.05) is 37.6 Å². The first-order valence-corrected chi connectivity index (χ1v) is 13.4. The number of aromatic amines is 1. The molecule has 0 aliphatic heterocycles. The van der Waals surface area contributed by atoms with Crippen LogP contribution in [0.1, 0.15) is 77.8 Å². The Morgan fingerprint density at radius 1 is 1.15 bits per heavy atom. The van der Waals surface area contributed by atoms with E-state index in [1.54, 1.807) is 32.3 Å². The number of carbonyl (C=O) groups is 2. The lowest BCUT2D eigenvalue weighted by Gasteiger charge is -2.32. The summed E-state index contributed by atoms with van der Waals surface area (Å²) in [6.45, 7) is 4.15. The summed E-state index contributed by atoms with van der Waals surface area (Å²) in [6.07, 6.45) is 8.88. The number of H-pyrrole nitrogens is 1. The summed E-state index contributed by atoms with van der Waals surface area (Å²) in [6, 6.07) is 4.52. The van der Waals surface area contributed by atoms with E-state index in [4.69, 9.17) is 4.52 Å². The number of amides is 2. The van der Waals surface area contributed by atoms with Gasteiger partial charge in [0.05, 0.1) is 22.8 Å². The molecule has 0 radical (unpaired) electrons. The van der Waals surface area contributed by atoms with Gasteiger partial charge in [-0.2, -0.15) is 0 Å². The predicted molar refractivity (Wildman–Crippen MR) is 145 cm³/mol. The van der Waals surface area contributed by atoms with Gasteiger partial charge in [0.2, 0.25) is 0 Å². The second-order valence-corrected chi connectivity index (χ2v) is 10.6. The van der Waals surface area contributed by atoms with Crippen molar-refractivity contribution >= 4 is 22.8 Å². The Balaban J connectivity index is 1.54. The molecule has 4 aromatic rings. The van der Waals surface area contributed by atoms with E-state index in [0.29, 0.717) is 46.1 Å². The molecule has 3 aromatic heterocycles. The average molecular weight is 533 g/mol. The first-order valence-electron chi connectivity index (χ1n) is 13.4. The van der Waals surface area contributed by atoms with E-state index in [9.17, 15) is 9.59 Å². The van der Waals surface area contributed by atoms with E-state index in [1.807, 2.05) is 6.92 Å². The Bertz CT molecular complexity index is 1500. The quantitative estimate of drug-likeness (QED) is 0.333. The summed E-state index contributed by atoms with van der Waals surface area (Å²) in [4.78, 5) is 39.6. The minimum Gasteiger partial charge on any atom is -0.364 e. The molecular formula is C29H33FN6O3. The van der Waals surface area contributed by atoms with Crippen molar-refractivity contribution in [3.8, 4) is 11.1 Å². The van der Waals surface area contributed by atoms with Gasteiger partial charge in [-0.15, -0.1) is 0 Å². The molecule has 1 aromatic carbocycles. The highest BCUT2D eigenvalue weighted by molar-refractivity contribution is 6.01. The summed E-state index contributed by atoms with van der Waals surface area (Å²) in [7, 11) is 3.30. The number of fused-ring (bicyclic) bond motifs is 1. The van der Waals surface area contributed by atoms with Gasteiger partial charge in [-0.05, 0) is 49.3 Å². The van der Waals surface area contributed by atoms with Crippen LogP contribution in [0.4, 0.5) is 4.39 Å². The number of aromatic nitrogens is 4. The second kappa shape index (κ2) is 11.0. The zero-order valence-electron chi connectivity index (χ0n) is 22.6. The van der Waals surface area contributed by atoms with Crippen LogP contribution in [-0.2, 0) is 6.42 Å². The van der Waals surface area contributed by atoms with Gasteiger partial charge in [-0.1, -0.05) is 31.8 Å². The van der Waals surface area contributed by atoms with Crippen molar-refractivity contribution in [2.24, 2.45) is 11.8 Å². The number of rotatable bonds is 7. The van der Waals surface area contributed by atoms with Crippen molar-refractivity contribution in [2.45, 2.75) is 52.0 Å². The molecule has 5 rings (SSSR count). The largest absolute Gasteiger partial charge is 0.364 e. The molecule has 1 aliphatic carbocycles. The number of imidazole rings is 1. The maximum absolute atomic E-state index is 16.0. The first kappa shape index (κ1) is 26.5. The van der Waals surface area contributed by atoms with Gasteiger partial charge in [-0.3, -0.25) is 14.6 Å². The van der Waals surface area contributed by atoms with Crippen LogP contribution in [0.5, 0.6) is 0 Å². The monoisotopic (exact) mass is 532 g/mol. The molecular weight excluding hydrogens is 499 g/mol. The van der Waals surface area contributed by atoms with Crippen LogP contribution in [0.2, 0.25) is 0 Å². The molecule has 1 unspecified atom stereocenters. The number of halogens is 1. The Morgan fingerprint density at radius 3 is 2.64 bits per heavy atom. The Morgan fingerprint density at radius 2 is 1.92 bits per heavy atom. The van der Waals surface area contributed by atoms with E-state index in [1.165, 1.54) is 23.6 Å². The number of carbonyl (C=O) groups excluding carboxylic acids is 2. The molecule has 9 nitrogen and oxygen atoms in total. The fraction of sp³-hybridized carbons (Fsp3) is 0.414. The molecule has 1 fully saturated rings. The molecule has 0 saturated heterocycles. The van der Waals surface area contributed by atoms with Gasteiger partial charge in [0.25, 0.3) is 11.8 Å².